The molecule has 1 heterocycles. The standard InChI is InChI=1S/C23H27NO4S/c1-6-7-8-15-9-11-16(12-10-15)20-18(14-29-24-20)17-13-19(25-2)22(27-4)23(28-5)21(17)26-3/h9-14H,6-8H2,1-5H3. The molecular weight excluding hydrogens is 386 g/mol. The van der Waals surface area contributed by atoms with Crippen LogP contribution in [0, 0.1) is 0 Å². The molecule has 0 saturated carbocycles. The third kappa shape index (κ3) is 4.17. The van der Waals surface area contributed by atoms with Gasteiger partial charge in [-0.05, 0) is 36.0 Å². The molecular formula is C23H27NO4S. The van der Waals surface area contributed by atoms with Crippen LogP contribution in [0.3, 0.4) is 0 Å². The molecule has 6 heteroatoms. The van der Waals surface area contributed by atoms with Gasteiger partial charge in [0.1, 0.15) is 0 Å². The maximum atomic E-state index is 5.70. The van der Waals surface area contributed by atoms with E-state index in [9.17, 15) is 0 Å². The Morgan fingerprint density at radius 2 is 1.52 bits per heavy atom. The van der Waals surface area contributed by atoms with Crippen molar-refractivity contribution in [3.8, 4) is 45.4 Å². The van der Waals surface area contributed by atoms with Crippen LogP contribution in [0.1, 0.15) is 25.3 Å². The second-order valence-corrected chi connectivity index (χ2v) is 7.23. The maximum absolute atomic E-state index is 5.70. The average Bonchev–Trinajstić information content (AvgIpc) is 3.25. The zero-order valence-corrected chi connectivity index (χ0v) is 18.4. The molecule has 0 aliphatic rings. The van der Waals surface area contributed by atoms with Gasteiger partial charge in [-0.1, -0.05) is 37.6 Å². The van der Waals surface area contributed by atoms with E-state index in [0.29, 0.717) is 23.0 Å². The summed E-state index contributed by atoms with van der Waals surface area (Å²) in [5.74, 6) is 2.16. The molecule has 1 aromatic heterocycles. The third-order valence-electron chi connectivity index (χ3n) is 4.89. The Balaban J connectivity index is 2.10. The lowest BCUT2D eigenvalue weighted by Gasteiger charge is -2.18. The first-order chi connectivity index (χ1) is 14.2. The van der Waals surface area contributed by atoms with E-state index in [-0.39, 0.29) is 0 Å². The first kappa shape index (κ1) is 21.0. The number of rotatable bonds is 9. The van der Waals surface area contributed by atoms with Gasteiger partial charge in [-0.25, -0.2) is 0 Å². The van der Waals surface area contributed by atoms with Gasteiger partial charge < -0.3 is 18.9 Å². The van der Waals surface area contributed by atoms with Gasteiger partial charge in [0, 0.05) is 22.1 Å². The molecule has 0 aliphatic heterocycles. The van der Waals surface area contributed by atoms with E-state index in [0.717, 1.165) is 28.8 Å². The third-order valence-corrected chi connectivity index (χ3v) is 5.52. The Hall–Kier alpha value is -2.73. The van der Waals surface area contributed by atoms with E-state index in [2.05, 4.69) is 35.6 Å². The summed E-state index contributed by atoms with van der Waals surface area (Å²) in [6, 6.07) is 10.5. The molecule has 0 spiro atoms. The monoisotopic (exact) mass is 413 g/mol. The Bertz CT molecular complexity index is 950. The number of aromatic nitrogens is 1. The van der Waals surface area contributed by atoms with Crippen molar-refractivity contribution in [3.05, 3.63) is 41.3 Å². The normalized spacial score (nSPS) is 10.7. The minimum Gasteiger partial charge on any atom is -0.493 e. The molecule has 0 bridgehead atoms. The second-order valence-electron chi connectivity index (χ2n) is 6.60. The van der Waals surface area contributed by atoms with Crippen molar-refractivity contribution in [1.29, 1.82) is 0 Å². The van der Waals surface area contributed by atoms with Gasteiger partial charge in [0.2, 0.25) is 11.5 Å². The van der Waals surface area contributed by atoms with E-state index in [1.165, 1.54) is 29.9 Å². The highest BCUT2D eigenvalue weighted by Gasteiger charge is 2.25. The lowest BCUT2D eigenvalue weighted by molar-refractivity contribution is 0.306. The summed E-state index contributed by atoms with van der Waals surface area (Å²) >= 11 is 1.41. The van der Waals surface area contributed by atoms with Crippen molar-refractivity contribution < 1.29 is 18.9 Å². The van der Waals surface area contributed by atoms with Crippen LogP contribution in [0.25, 0.3) is 22.4 Å². The van der Waals surface area contributed by atoms with E-state index in [1.54, 1.807) is 28.4 Å². The van der Waals surface area contributed by atoms with Gasteiger partial charge in [0.05, 0.1) is 34.1 Å². The molecule has 0 N–H and O–H groups in total. The number of nitrogens with zero attached hydrogens (tertiary/aromatic N) is 1. The number of hydrogen-bond acceptors (Lipinski definition) is 6. The van der Waals surface area contributed by atoms with Crippen LogP contribution in [-0.2, 0) is 6.42 Å². The zero-order chi connectivity index (χ0) is 20.8. The fourth-order valence-corrected chi connectivity index (χ4v) is 4.08. The van der Waals surface area contributed by atoms with E-state index in [1.807, 2.05) is 11.4 Å². The minimum atomic E-state index is 0.497. The van der Waals surface area contributed by atoms with Crippen LogP contribution in [0.15, 0.2) is 35.7 Å². The summed E-state index contributed by atoms with van der Waals surface area (Å²) in [7, 11) is 6.40. The van der Waals surface area contributed by atoms with Crippen molar-refractivity contribution in [2.75, 3.05) is 28.4 Å². The number of ether oxygens (including phenoxy) is 4. The molecule has 0 radical (unpaired) electrons. The molecule has 0 atom stereocenters. The highest BCUT2D eigenvalue weighted by Crippen LogP contribution is 2.51. The number of benzene rings is 2. The SMILES string of the molecule is CCCCc1ccc(-c2nscc2-c2cc(OC)c(OC)c(OC)c2OC)cc1. The van der Waals surface area contributed by atoms with Gasteiger partial charge in [-0.15, -0.1) is 0 Å². The van der Waals surface area contributed by atoms with Crippen molar-refractivity contribution in [3.63, 3.8) is 0 Å². The van der Waals surface area contributed by atoms with Crippen LogP contribution in [-0.4, -0.2) is 32.8 Å². The summed E-state index contributed by atoms with van der Waals surface area (Å²) in [6.07, 6.45) is 3.49. The Morgan fingerprint density at radius 3 is 2.10 bits per heavy atom. The predicted molar refractivity (Wildman–Crippen MR) is 118 cm³/mol. The largest absolute Gasteiger partial charge is 0.493 e. The summed E-state index contributed by atoms with van der Waals surface area (Å²) < 4.78 is 27.0. The molecule has 0 saturated heterocycles. The highest BCUT2D eigenvalue weighted by molar-refractivity contribution is 7.04. The fourth-order valence-electron chi connectivity index (χ4n) is 3.38. The Morgan fingerprint density at radius 1 is 0.828 bits per heavy atom. The Kier molecular flexibility index (Phi) is 6.99. The molecule has 154 valence electrons. The van der Waals surface area contributed by atoms with E-state index < -0.39 is 0 Å². The molecule has 3 aromatic rings. The van der Waals surface area contributed by atoms with Crippen LogP contribution in [0.5, 0.6) is 23.0 Å². The lowest BCUT2D eigenvalue weighted by atomic mass is 9.98. The quantitative estimate of drug-likeness (QED) is 0.440. The van der Waals surface area contributed by atoms with Gasteiger partial charge in [0.25, 0.3) is 0 Å². The summed E-state index contributed by atoms with van der Waals surface area (Å²) in [5, 5.41) is 2.02. The summed E-state index contributed by atoms with van der Waals surface area (Å²) in [5.41, 5.74) is 5.13. The number of aryl methyl sites for hydroxylation is 1. The first-order valence-electron chi connectivity index (χ1n) is 9.59. The fraction of sp³-hybridized carbons (Fsp3) is 0.348. The van der Waals surface area contributed by atoms with Crippen LogP contribution >= 0.6 is 11.5 Å². The van der Waals surface area contributed by atoms with Gasteiger partial charge in [-0.2, -0.15) is 4.37 Å². The first-order valence-corrected chi connectivity index (χ1v) is 10.4. The predicted octanol–water partition coefficient (Wildman–Crippen LogP) is 5.85. The number of unbranched alkanes of at least 4 members (excludes halogenated alkanes) is 1. The number of methoxy groups -OCH3 is 4. The van der Waals surface area contributed by atoms with Crippen molar-refractivity contribution >= 4 is 11.5 Å². The van der Waals surface area contributed by atoms with Gasteiger partial charge in [-0.3, -0.25) is 0 Å². The molecule has 0 aliphatic carbocycles. The second kappa shape index (κ2) is 9.65. The summed E-state index contributed by atoms with van der Waals surface area (Å²) in [6.45, 7) is 2.21. The lowest BCUT2D eigenvalue weighted by Crippen LogP contribution is -2.00. The average molecular weight is 414 g/mol. The maximum Gasteiger partial charge on any atom is 0.207 e. The molecule has 5 nitrogen and oxygen atoms in total. The molecule has 2 aromatic carbocycles. The van der Waals surface area contributed by atoms with Gasteiger partial charge >= 0.3 is 0 Å². The van der Waals surface area contributed by atoms with Crippen molar-refractivity contribution in [2.24, 2.45) is 0 Å². The molecule has 0 amide bonds. The molecule has 3 rings (SSSR count). The van der Waals surface area contributed by atoms with E-state index in [4.69, 9.17) is 18.9 Å². The topological polar surface area (TPSA) is 49.8 Å². The van der Waals surface area contributed by atoms with Crippen LogP contribution in [0.4, 0.5) is 0 Å². The number of hydrogen-bond donors (Lipinski definition) is 0. The zero-order valence-electron chi connectivity index (χ0n) is 17.6. The van der Waals surface area contributed by atoms with Crippen molar-refractivity contribution in [2.45, 2.75) is 26.2 Å². The van der Waals surface area contributed by atoms with Crippen LogP contribution < -0.4 is 18.9 Å². The van der Waals surface area contributed by atoms with E-state index >= 15 is 0 Å². The van der Waals surface area contributed by atoms with Crippen LogP contribution in [0.2, 0.25) is 0 Å². The summed E-state index contributed by atoms with van der Waals surface area (Å²) in [4.78, 5) is 0. The van der Waals surface area contributed by atoms with Crippen molar-refractivity contribution in [1.82, 2.24) is 4.37 Å². The minimum absolute atomic E-state index is 0.497. The molecule has 0 fully saturated rings. The Labute approximate surface area is 176 Å². The van der Waals surface area contributed by atoms with Gasteiger partial charge in [0.15, 0.2) is 11.5 Å². The molecule has 29 heavy (non-hydrogen) atoms. The molecule has 0 unspecified atom stereocenters. The highest BCUT2D eigenvalue weighted by atomic mass is 32.1. The smallest absolute Gasteiger partial charge is 0.207 e.